The Bertz CT molecular complexity index is 665. The monoisotopic (exact) mass is 403 g/mol. The van der Waals surface area contributed by atoms with E-state index in [4.69, 9.17) is 32.7 Å². The molecule has 0 unspecified atom stereocenters. The highest BCUT2D eigenvalue weighted by Gasteiger charge is 2.12. The van der Waals surface area contributed by atoms with Crippen LogP contribution in [-0.4, -0.2) is 13.2 Å². The molecule has 0 saturated heterocycles. The summed E-state index contributed by atoms with van der Waals surface area (Å²) in [7, 11) is 0. The summed E-state index contributed by atoms with van der Waals surface area (Å²) in [6, 6.07) is 11.4. The van der Waals surface area contributed by atoms with Gasteiger partial charge in [0.2, 0.25) is 0 Å². The minimum absolute atomic E-state index is 0. The molecule has 0 saturated carbocycles. The quantitative estimate of drug-likeness (QED) is 0.528. The number of ether oxygens (including phenoxy) is 2. The first-order valence-corrected chi connectivity index (χ1v) is 8.93. The number of benzene rings is 2. The highest BCUT2D eigenvalue weighted by molar-refractivity contribution is 6.35. The molecule has 0 aliphatic heterocycles. The molecule has 0 fully saturated rings. The largest absolute Gasteiger partial charge is 0.490 e. The van der Waals surface area contributed by atoms with Gasteiger partial charge in [-0.15, -0.1) is 12.4 Å². The van der Waals surface area contributed by atoms with Crippen LogP contribution in [0.3, 0.4) is 0 Å². The first-order chi connectivity index (χ1) is 11.7. The number of halogens is 3. The van der Waals surface area contributed by atoms with Crippen LogP contribution >= 0.6 is 35.6 Å². The van der Waals surface area contributed by atoms with Crippen molar-refractivity contribution in [3.63, 3.8) is 0 Å². The van der Waals surface area contributed by atoms with Crippen molar-refractivity contribution in [3.8, 4) is 11.5 Å². The minimum atomic E-state index is 0. The molecule has 0 spiro atoms. The van der Waals surface area contributed by atoms with Crippen molar-refractivity contribution in [1.82, 2.24) is 5.32 Å². The molecule has 6 heteroatoms. The molecule has 2 aromatic rings. The third-order valence-electron chi connectivity index (χ3n) is 3.49. The topological polar surface area (TPSA) is 30.5 Å². The van der Waals surface area contributed by atoms with E-state index in [9.17, 15) is 0 Å². The minimum Gasteiger partial charge on any atom is -0.490 e. The van der Waals surface area contributed by atoms with Gasteiger partial charge in [0, 0.05) is 27.7 Å². The lowest BCUT2D eigenvalue weighted by Crippen LogP contribution is -2.15. The summed E-state index contributed by atoms with van der Waals surface area (Å²) in [5.41, 5.74) is 1.96. The predicted molar refractivity (Wildman–Crippen MR) is 108 cm³/mol. The van der Waals surface area contributed by atoms with E-state index in [0.29, 0.717) is 23.3 Å². The van der Waals surface area contributed by atoms with E-state index >= 15 is 0 Å². The average molecular weight is 405 g/mol. The van der Waals surface area contributed by atoms with Crippen LogP contribution in [0.4, 0.5) is 0 Å². The van der Waals surface area contributed by atoms with E-state index in [1.165, 1.54) is 0 Å². The van der Waals surface area contributed by atoms with Crippen molar-refractivity contribution < 1.29 is 9.47 Å². The molecule has 0 atom stereocenters. The van der Waals surface area contributed by atoms with Crippen LogP contribution < -0.4 is 14.8 Å². The molecule has 0 aliphatic rings. The van der Waals surface area contributed by atoms with Crippen LogP contribution in [-0.2, 0) is 13.2 Å². The molecule has 25 heavy (non-hydrogen) atoms. The molecule has 2 rings (SSSR count). The van der Waals surface area contributed by atoms with Crippen LogP contribution in [0.15, 0.2) is 36.4 Å². The first-order valence-electron chi connectivity index (χ1n) is 8.17. The summed E-state index contributed by atoms with van der Waals surface area (Å²) >= 11 is 12.2. The van der Waals surface area contributed by atoms with Gasteiger partial charge in [0.1, 0.15) is 6.61 Å². The number of nitrogens with one attached hydrogen (secondary N) is 1. The Morgan fingerprint density at radius 2 is 1.80 bits per heavy atom. The highest BCUT2D eigenvalue weighted by Crippen LogP contribution is 2.33. The molecule has 0 bridgehead atoms. The fourth-order valence-corrected chi connectivity index (χ4v) is 2.79. The third-order valence-corrected chi connectivity index (χ3v) is 4.08. The van der Waals surface area contributed by atoms with E-state index in [1.807, 2.05) is 37.3 Å². The van der Waals surface area contributed by atoms with Gasteiger partial charge in [-0.05, 0) is 38.1 Å². The molecular formula is C19H24Cl3NO2. The van der Waals surface area contributed by atoms with Gasteiger partial charge in [0.15, 0.2) is 11.5 Å². The second-order valence-corrected chi connectivity index (χ2v) is 6.22. The number of hydrogen-bond acceptors (Lipinski definition) is 3. The Morgan fingerprint density at radius 1 is 1.00 bits per heavy atom. The molecule has 138 valence electrons. The molecule has 0 heterocycles. The Labute approximate surface area is 166 Å². The van der Waals surface area contributed by atoms with Crippen LogP contribution in [0, 0.1) is 0 Å². The van der Waals surface area contributed by atoms with E-state index in [2.05, 4.69) is 12.2 Å². The SMILES string of the molecule is CCCNCc1cccc(OCC)c1OCc1ccc(Cl)cc1Cl.Cl. The number of para-hydroxylation sites is 1. The third kappa shape index (κ3) is 6.59. The molecule has 0 radical (unpaired) electrons. The highest BCUT2D eigenvalue weighted by atomic mass is 35.5. The summed E-state index contributed by atoms with van der Waals surface area (Å²) < 4.78 is 11.8. The lowest BCUT2D eigenvalue weighted by molar-refractivity contribution is 0.266. The van der Waals surface area contributed by atoms with Gasteiger partial charge in [-0.1, -0.05) is 48.3 Å². The van der Waals surface area contributed by atoms with Gasteiger partial charge in [-0.25, -0.2) is 0 Å². The molecule has 0 aromatic heterocycles. The van der Waals surface area contributed by atoms with E-state index in [0.717, 1.165) is 42.1 Å². The summed E-state index contributed by atoms with van der Waals surface area (Å²) in [6.07, 6.45) is 1.09. The predicted octanol–water partition coefficient (Wildman–Crippen LogP) is 5.89. The van der Waals surface area contributed by atoms with Gasteiger partial charge in [-0.3, -0.25) is 0 Å². The van der Waals surface area contributed by atoms with Crippen LogP contribution in [0.25, 0.3) is 0 Å². The molecule has 3 nitrogen and oxygen atoms in total. The standard InChI is InChI=1S/C19H23Cl2NO2.ClH/c1-3-10-22-12-14-6-5-7-18(23-4-2)19(14)24-13-15-8-9-16(20)11-17(15)21;/h5-9,11,22H,3-4,10,12-13H2,1-2H3;1H. The zero-order valence-electron chi connectivity index (χ0n) is 14.5. The summed E-state index contributed by atoms with van der Waals surface area (Å²) in [4.78, 5) is 0. The van der Waals surface area contributed by atoms with Crippen molar-refractivity contribution in [2.75, 3.05) is 13.2 Å². The summed E-state index contributed by atoms with van der Waals surface area (Å²) in [5.74, 6) is 1.51. The number of rotatable bonds is 9. The Hall–Kier alpha value is -1.13. The summed E-state index contributed by atoms with van der Waals surface area (Å²) in [6.45, 7) is 6.75. The van der Waals surface area contributed by atoms with Gasteiger partial charge in [0.05, 0.1) is 6.61 Å². The van der Waals surface area contributed by atoms with Gasteiger partial charge in [0.25, 0.3) is 0 Å². The maximum Gasteiger partial charge on any atom is 0.166 e. The Kier molecular flexibility index (Phi) is 10.1. The maximum atomic E-state index is 6.23. The van der Waals surface area contributed by atoms with E-state index < -0.39 is 0 Å². The molecular weight excluding hydrogens is 381 g/mol. The fraction of sp³-hybridized carbons (Fsp3) is 0.368. The smallest absolute Gasteiger partial charge is 0.166 e. The second-order valence-electron chi connectivity index (χ2n) is 5.38. The van der Waals surface area contributed by atoms with E-state index in [-0.39, 0.29) is 12.4 Å². The van der Waals surface area contributed by atoms with Crippen LogP contribution in [0.1, 0.15) is 31.4 Å². The van der Waals surface area contributed by atoms with Crippen molar-refractivity contribution in [2.24, 2.45) is 0 Å². The summed E-state index contributed by atoms with van der Waals surface area (Å²) in [5, 5.41) is 4.61. The Balaban J connectivity index is 0.00000312. The molecule has 0 amide bonds. The number of hydrogen-bond donors (Lipinski definition) is 1. The van der Waals surface area contributed by atoms with Crippen molar-refractivity contribution in [2.45, 2.75) is 33.4 Å². The molecule has 2 aromatic carbocycles. The maximum absolute atomic E-state index is 6.23. The zero-order valence-corrected chi connectivity index (χ0v) is 16.8. The van der Waals surface area contributed by atoms with Crippen molar-refractivity contribution in [1.29, 1.82) is 0 Å². The lowest BCUT2D eigenvalue weighted by atomic mass is 10.1. The van der Waals surface area contributed by atoms with Crippen molar-refractivity contribution >= 4 is 35.6 Å². The first kappa shape index (κ1) is 21.9. The molecule has 0 aliphatic carbocycles. The van der Waals surface area contributed by atoms with Crippen LogP contribution in [0.5, 0.6) is 11.5 Å². The zero-order chi connectivity index (χ0) is 17.4. The molecule has 1 N–H and O–H groups in total. The Morgan fingerprint density at radius 3 is 2.48 bits per heavy atom. The second kappa shape index (κ2) is 11.5. The average Bonchev–Trinajstić information content (AvgIpc) is 2.56. The fourth-order valence-electron chi connectivity index (χ4n) is 2.32. The van der Waals surface area contributed by atoms with Gasteiger partial charge >= 0.3 is 0 Å². The van der Waals surface area contributed by atoms with Crippen LogP contribution in [0.2, 0.25) is 10.0 Å². The van der Waals surface area contributed by atoms with Crippen molar-refractivity contribution in [3.05, 3.63) is 57.6 Å². The van der Waals surface area contributed by atoms with Gasteiger partial charge in [-0.2, -0.15) is 0 Å². The normalized spacial score (nSPS) is 10.2. The van der Waals surface area contributed by atoms with E-state index in [1.54, 1.807) is 6.07 Å². The lowest BCUT2D eigenvalue weighted by Gasteiger charge is -2.17. The van der Waals surface area contributed by atoms with Gasteiger partial charge < -0.3 is 14.8 Å².